The summed E-state index contributed by atoms with van der Waals surface area (Å²) in [6.45, 7) is 6.34. The highest BCUT2D eigenvalue weighted by Gasteiger charge is 2.25. The zero-order valence-corrected chi connectivity index (χ0v) is 12.5. The van der Waals surface area contributed by atoms with Crippen molar-refractivity contribution in [2.75, 3.05) is 12.1 Å². The lowest BCUT2D eigenvalue weighted by Crippen LogP contribution is -2.39. The Morgan fingerprint density at radius 3 is 2.70 bits per heavy atom. The summed E-state index contributed by atoms with van der Waals surface area (Å²) >= 11 is 6.23. The number of nitrogens with zero attached hydrogens (tertiary/aromatic N) is 1. The van der Waals surface area contributed by atoms with Crippen molar-refractivity contribution < 1.29 is 9.47 Å². The molecule has 1 unspecified atom stereocenters. The largest absolute Gasteiger partial charge is 0.454 e. The molecule has 106 valence electrons. The zero-order chi connectivity index (χ0) is 14.3. The first-order valence-electron chi connectivity index (χ1n) is 6.58. The molecular formula is C15H17ClN2O2. The van der Waals surface area contributed by atoms with Gasteiger partial charge in [0.15, 0.2) is 11.5 Å². The Bertz CT molecular complexity index is 656. The van der Waals surface area contributed by atoms with E-state index in [2.05, 4.69) is 24.1 Å². The molecule has 1 aliphatic rings. The minimum atomic E-state index is -0.265. The van der Waals surface area contributed by atoms with Crippen LogP contribution >= 0.6 is 11.6 Å². The molecule has 2 aromatic rings. The van der Waals surface area contributed by atoms with Crippen LogP contribution in [0, 0.1) is 0 Å². The maximum atomic E-state index is 6.23. The number of benzene rings is 1. The Kier molecular flexibility index (Phi) is 3.13. The first kappa shape index (κ1) is 13.3. The van der Waals surface area contributed by atoms with Crippen molar-refractivity contribution in [3.05, 3.63) is 24.4 Å². The molecule has 0 saturated heterocycles. The number of nitrogens with one attached hydrogen (secondary N) is 1. The second-order valence-corrected chi connectivity index (χ2v) is 6.20. The molecule has 4 nitrogen and oxygen atoms in total. The van der Waals surface area contributed by atoms with Gasteiger partial charge >= 0.3 is 0 Å². The van der Waals surface area contributed by atoms with E-state index in [4.69, 9.17) is 21.1 Å². The van der Waals surface area contributed by atoms with Crippen LogP contribution in [0.1, 0.15) is 20.8 Å². The summed E-state index contributed by atoms with van der Waals surface area (Å²) in [5.41, 5.74) is -0.265. The molecule has 5 heteroatoms. The molecule has 0 fully saturated rings. The molecular weight excluding hydrogens is 276 g/mol. The van der Waals surface area contributed by atoms with Crippen LogP contribution in [-0.4, -0.2) is 22.7 Å². The van der Waals surface area contributed by atoms with E-state index in [-0.39, 0.29) is 17.7 Å². The number of ether oxygens (including phenoxy) is 2. The first-order valence-corrected chi connectivity index (χ1v) is 7.01. The van der Waals surface area contributed by atoms with Crippen LogP contribution in [0.2, 0.25) is 0 Å². The first-order chi connectivity index (χ1) is 9.47. The minimum absolute atomic E-state index is 0.0337. The van der Waals surface area contributed by atoms with E-state index < -0.39 is 0 Å². The van der Waals surface area contributed by atoms with Crippen molar-refractivity contribution in [1.29, 1.82) is 0 Å². The molecule has 0 radical (unpaired) electrons. The number of pyridine rings is 1. The number of rotatable bonds is 3. The minimum Gasteiger partial charge on any atom is -0.454 e. The monoisotopic (exact) mass is 292 g/mol. The average Bonchev–Trinajstić information content (AvgIpc) is 2.83. The molecule has 1 aromatic carbocycles. The predicted octanol–water partition coefficient (Wildman–Crippen LogP) is 3.78. The quantitative estimate of drug-likeness (QED) is 0.874. The van der Waals surface area contributed by atoms with Crippen molar-refractivity contribution in [3.8, 4) is 11.5 Å². The number of halogens is 1. The fourth-order valence-corrected chi connectivity index (χ4v) is 2.12. The summed E-state index contributed by atoms with van der Waals surface area (Å²) in [6, 6.07) is 5.89. The van der Waals surface area contributed by atoms with E-state index >= 15 is 0 Å². The molecule has 2 heterocycles. The van der Waals surface area contributed by atoms with Gasteiger partial charge < -0.3 is 14.8 Å². The highest BCUT2D eigenvalue weighted by molar-refractivity contribution is 6.21. The van der Waals surface area contributed by atoms with Gasteiger partial charge in [0, 0.05) is 17.1 Å². The van der Waals surface area contributed by atoms with Gasteiger partial charge in [0.05, 0.1) is 5.38 Å². The maximum Gasteiger partial charge on any atom is 0.231 e. The van der Waals surface area contributed by atoms with Crippen molar-refractivity contribution in [3.63, 3.8) is 0 Å². The molecule has 20 heavy (non-hydrogen) atoms. The van der Waals surface area contributed by atoms with E-state index in [0.717, 1.165) is 28.1 Å². The Balaban J connectivity index is 2.08. The summed E-state index contributed by atoms with van der Waals surface area (Å²) in [7, 11) is 0. The molecule has 3 rings (SSSR count). The molecule has 1 aliphatic heterocycles. The van der Waals surface area contributed by atoms with Crippen LogP contribution in [0.5, 0.6) is 11.5 Å². The topological polar surface area (TPSA) is 43.4 Å². The predicted molar refractivity (Wildman–Crippen MR) is 80.9 cm³/mol. The van der Waals surface area contributed by atoms with Gasteiger partial charge in [-0.05, 0) is 44.4 Å². The summed E-state index contributed by atoms with van der Waals surface area (Å²) < 4.78 is 10.8. The van der Waals surface area contributed by atoms with Crippen molar-refractivity contribution in [2.24, 2.45) is 0 Å². The highest BCUT2D eigenvalue weighted by Crippen LogP contribution is 2.38. The van der Waals surface area contributed by atoms with Gasteiger partial charge in [-0.1, -0.05) is 0 Å². The molecule has 1 N–H and O–H groups in total. The van der Waals surface area contributed by atoms with Gasteiger partial charge in [0.1, 0.15) is 5.82 Å². The van der Waals surface area contributed by atoms with E-state index in [1.54, 1.807) is 6.20 Å². The van der Waals surface area contributed by atoms with Crippen molar-refractivity contribution >= 4 is 28.2 Å². The van der Waals surface area contributed by atoms with Gasteiger partial charge in [-0.3, -0.25) is 0 Å². The second kappa shape index (κ2) is 4.70. The number of hydrogen-bond donors (Lipinski definition) is 1. The number of alkyl halides is 1. The molecule has 0 bridgehead atoms. The van der Waals surface area contributed by atoms with Gasteiger partial charge in [-0.2, -0.15) is 0 Å². The van der Waals surface area contributed by atoms with Crippen LogP contribution in [0.3, 0.4) is 0 Å². The normalized spacial score (nSPS) is 15.4. The van der Waals surface area contributed by atoms with E-state index in [1.807, 2.05) is 25.1 Å². The van der Waals surface area contributed by atoms with Crippen molar-refractivity contribution in [1.82, 2.24) is 4.98 Å². The molecule has 1 atom stereocenters. The summed E-state index contributed by atoms with van der Waals surface area (Å²) in [5.74, 6) is 2.34. The molecule has 1 aromatic heterocycles. The van der Waals surface area contributed by atoms with Crippen LogP contribution in [0.4, 0.5) is 5.82 Å². The van der Waals surface area contributed by atoms with Crippen LogP contribution in [0.15, 0.2) is 24.4 Å². The lowest BCUT2D eigenvalue weighted by atomic mass is 10.0. The Hall–Kier alpha value is -1.68. The highest BCUT2D eigenvalue weighted by atomic mass is 35.5. The Morgan fingerprint density at radius 2 is 2.00 bits per heavy atom. The van der Waals surface area contributed by atoms with Crippen LogP contribution < -0.4 is 14.8 Å². The summed E-state index contributed by atoms with van der Waals surface area (Å²) in [4.78, 5) is 4.43. The van der Waals surface area contributed by atoms with Gasteiger partial charge in [-0.15, -0.1) is 11.6 Å². The number of aromatic nitrogens is 1. The fourth-order valence-electron chi connectivity index (χ4n) is 2.07. The standard InChI is InChI=1S/C15H17ClN2O2/c1-9(16)15(2,3)18-14-11-7-13-12(19-8-20-13)6-10(11)4-5-17-14/h4-7,9H,8H2,1-3H3,(H,17,18). The van der Waals surface area contributed by atoms with Gasteiger partial charge in [0.25, 0.3) is 0 Å². The third-order valence-electron chi connectivity index (χ3n) is 3.69. The molecule has 0 aliphatic carbocycles. The second-order valence-electron chi connectivity index (χ2n) is 5.55. The summed E-state index contributed by atoms with van der Waals surface area (Å²) in [5, 5.41) is 5.44. The number of hydrogen-bond acceptors (Lipinski definition) is 4. The lowest BCUT2D eigenvalue weighted by Gasteiger charge is -2.30. The van der Waals surface area contributed by atoms with Crippen molar-refractivity contribution in [2.45, 2.75) is 31.7 Å². The smallest absolute Gasteiger partial charge is 0.231 e. The third kappa shape index (κ3) is 2.24. The van der Waals surface area contributed by atoms with Crippen LogP contribution in [0.25, 0.3) is 10.8 Å². The lowest BCUT2D eigenvalue weighted by molar-refractivity contribution is 0.174. The maximum absolute atomic E-state index is 6.23. The third-order valence-corrected chi connectivity index (χ3v) is 4.24. The van der Waals surface area contributed by atoms with E-state index in [0.29, 0.717) is 0 Å². The van der Waals surface area contributed by atoms with E-state index in [9.17, 15) is 0 Å². The molecule has 0 spiro atoms. The van der Waals surface area contributed by atoms with Crippen LogP contribution in [-0.2, 0) is 0 Å². The molecule has 0 saturated carbocycles. The Morgan fingerprint density at radius 1 is 1.30 bits per heavy atom. The molecule has 0 amide bonds. The SMILES string of the molecule is CC(Cl)C(C)(C)Nc1nccc2cc3c(cc12)OCO3. The van der Waals surface area contributed by atoms with E-state index in [1.165, 1.54) is 0 Å². The Labute approximate surface area is 123 Å². The van der Waals surface area contributed by atoms with Gasteiger partial charge in [0.2, 0.25) is 6.79 Å². The number of fused-ring (bicyclic) bond motifs is 2. The summed E-state index contributed by atoms with van der Waals surface area (Å²) in [6.07, 6.45) is 1.78. The number of anilines is 1. The fraction of sp³-hybridized carbons (Fsp3) is 0.400. The zero-order valence-electron chi connectivity index (χ0n) is 11.7. The van der Waals surface area contributed by atoms with Gasteiger partial charge in [-0.25, -0.2) is 4.98 Å². The average molecular weight is 293 g/mol.